The predicted molar refractivity (Wildman–Crippen MR) is 68.3 cm³/mol. The Bertz CT molecular complexity index is 473. The molecule has 1 aliphatic rings. The number of thiophene rings is 1. The Labute approximate surface area is 99.2 Å². The van der Waals surface area contributed by atoms with Crippen molar-refractivity contribution in [3.63, 3.8) is 0 Å². The number of hydrogen-bond donors (Lipinski definition) is 1. The normalized spacial score (nSPS) is 17.8. The molecule has 0 atom stereocenters. The van der Waals surface area contributed by atoms with E-state index in [1.807, 2.05) is 0 Å². The minimum Gasteiger partial charge on any atom is -0.489 e. The molecule has 84 valence electrons. The lowest BCUT2D eigenvalue weighted by atomic mass is 10.1. The Morgan fingerprint density at radius 2 is 2.00 bits per heavy atom. The van der Waals surface area contributed by atoms with Gasteiger partial charge in [-0.15, -0.1) is 11.3 Å². The molecule has 16 heavy (non-hydrogen) atoms. The van der Waals surface area contributed by atoms with Crippen LogP contribution in [-0.4, -0.2) is 19.2 Å². The van der Waals surface area contributed by atoms with Gasteiger partial charge in [-0.05, 0) is 38.1 Å². The minimum absolute atomic E-state index is 0.388. The van der Waals surface area contributed by atoms with Crippen LogP contribution in [0.15, 0.2) is 29.6 Å². The first-order valence-corrected chi connectivity index (χ1v) is 6.65. The standard InChI is InChI=1S/C13H15NOS/c1-2-4-13-11(3-1)12(9-16-13)15-10-5-7-14-8-6-10/h1-4,9-10,14H,5-8H2. The maximum Gasteiger partial charge on any atom is 0.138 e. The molecule has 0 bridgehead atoms. The average Bonchev–Trinajstić information content (AvgIpc) is 2.74. The second-order valence-corrected chi connectivity index (χ2v) is 5.07. The van der Waals surface area contributed by atoms with Crippen LogP contribution in [0.1, 0.15) is 12.8 Å². The van der Waals surface area contributed by atoms with Crippen molar-refractivity contribution >= 4 is 21.4 Å². The van der Waals surface area contributed by atoms with Gasteiger partial charge in [0.05, 0.1) is 0 Å². The smallest absolute Gasteiger partial charge is 0.138 e. The predicted octanol–water partition coefficient (Wildman–Crippen LogP) is 3.03. The van der Waals surface area contributed by atoms with Crippen molar-refractivity contribution < 1.29 is 4.74 Å². The largest absolute Gasteiger partial charge is 0.489 e. The van der Waals surface area contributed by atoms with Crippen LogP contribution in [-0.2, 0) is 0 Å². The van der Waals surface area contributed by atoms with Crippen molar-refractivity contribution in [3.05, 3.63) is 29.6 Å². The van der Waals surface area contributed by atoms with E-state index in [9.17, 15) is 0 Å². The third kappa shape index (κ3) is 1.93. The number of benzene rings is 1. The van der Waals surface area contributed by atoms with Crippen LogP contribution in [0.3, 0.4) is 0 Å². The highest BCUT2D eigenvalue weighted by atomic mass is 32.1. The van der Waals surface area contributed by atoms with Gasteiger partial charge in [0.2, 0.25) is 0 Å². The molecule has 0 aliphatic carbocycles. The molecule has 0 spiro atoms. The molecule has 1 fully saturated rings. The van der Waals surface area contributed by atoms with E-state index < -0.39 is 0 Å². The maximum atomic E-state index is 6.08. The van der Waals surface area contributed by atoms with E-state index in [4.69, 9.17) is 4.74 Å². The van der Waals surface area contributed by atoms with Gasteiger partial charge >= 0.3 is 0 Å². The molecule has 1 N–H and O–H groups in total. The van der Waals surface area contributed by atoms with Gasteiger partial charge in [0.1, 0.15) is 11.9 Å². The summed E-state index contributed by atoms with van der Waals surface area (Å²) in [5.74, 6) is 1.06. The number of nitrogens with one attached hydrogen (secondary N) is 1. The third-order valence-electron chi connectivity index (χ3n) is 3.03. The molecular formula is C13H15NOS. The molecule has 0 amide bonds. The lowest BCUT2D eigenvalue weighted by Crippen LogP contribution is -2.34. The van der Waals surface area contributed by atoms with E-state index in [2.05, 4.69) is 35.0 Å². The Hall–Kier alpha value is -1.06. The first-order valence-electron chi connectivity index (χ1n) is 5.77. The van der Waals surface area contributed by atoms with Crippen molar-refractivity contribution in [3.8, 4) is 5.75 Å². The second kappa shape index (κ2) is 4.44. The molecule has 1 saturated heterocycles. The van der Waals surface area contributed by atoms with Gasteiger partial charge in [-0.1, -0.05) is 12.1 Å². The molecule has 1 aliphatic heterocycles. The molecule has 0 unspecified atom stereocenters. The highest BCUT2D eigenvalue weighted by Crippen LogP contribution is 2.33. The molecular weight excluding hydrogens is 218 g/mol. The molecule has 2 nitrogen and oxygen atoms in total. The summed E-state index contributed by atoms with van der Waals surface area (Å²) in [7, 11) is 0. The van der Waals surface area contributed by atoms with E-state index >= 15 is 0 Å². The molecule has 2 heterocycles. The highest BCUT2D eigenvalue weighted by Gasteiger charge is 2.16. The molecule has 3 heteroatoms. The summed E-state index contributed by atoms with van der Waals surface area (Å²) in [4.78, 5) is 0. The molecule has 0 saturated carbocycles. The first-order chi connectivity index (χ1) is 7.93. The number of ether oxygens (including phenoxy) is 1. The minimum atomic E-state index is 0.388. The SMILES string of the molecule is c1ccc2c(OC3CCNCC3)csc2c1. The highest BCUT2D eigenvalue weighted by molar-refractivity contribution is 7.17. The van der Waals surface area contributed by atoms with Crippen LogP contribution in [0.4, 0.5) is 0 Å². The fraction of sp³-hybridized carbons (Fsp3) is 0.385. The number of hydrogen-bond acceptors (Lipinski definition) is 3. The monoisotopic (exact) mass is 233 g/mol. The van der Waals surface area contributed by atoms with E-state index in [-0.39, 0.29) is 0 Å². The van der Waals surface area contributed by atoms with E-state index in [0.717, 1.165) is 31.7 Å². The van der Waals surface area contributed by atoms with Crippen LogP contribution in [0, 0.1) is 0 Å². The fourth-order valence-electron chi connectivity index (χ4n) is 2.14. The van der Waals surface area contributed by atoms with Gasteiger partial charge in [0.15, 0.2) is 0 Å². The Morgan fingerprint density at radius 1 is 1.19 bits per heavy atom. The fourth-order valence-corrected chi connectivity index (χ4v) is 3.01. The number of rotatable bonds is 2. The van der Waals surface area contributed by atoms with E-state index in [0.29, 0.717) is 6.10 Å². The Kier molecular flexibility index (Phi) is 2.80. The molecule has 1 aromatic heterocycles. The first kappa shape index (κ1) is 10.1. The lowest BCUT2D eigenvalue weighted by Gasteiger charge is -2.23. The van der Waals surface area contributed by atoms with Gasteiger partial charge < -0.3 is 10.1 Å². The van der Waals surface area contributed by atoms with Crippen molar-refractivity contribution in [1.82, 2.24) is 5.32 Å². The van der Waals surface area contributed by atoms with Crippen LogP contribution < -0.4 is 10.1 Å². The zero-order chi connectivity index (χ0) is 10.8. The molecule has 3 rings (SSSR count). The Balaban J connectivity index is 1.83. The number of piperidine rings is 1. The number of fused-ring (bicyclic) bond motifs is 1. The van der Waals surface area contributed by atoms with Gasteiger partial charge in [-0.3, -0.25) is 0 Å². The van der Waals surface area contributed by atoms with Gasteiger partial charge in [-0.2, -0.15) is 0 Å². The van der Waals surface area contributed by atoms with E-state index in [1.165, 1.54) is 10.1 Å². The summed E-state index contributed by atoms with van der Waals surface area (Å²) in [6, 6.07) is 8.44. The van der Waals surface area contributed by atoms with Crippen LogP contribution in [0.25, 0.3) is 10.1 Å². The van der Waals surface area contributed by atoms with Gasteiger partial charge in [0.25, 0.3) is 0 Å². The third-order valence-corrected chi connectivity index (χ3v) is 3.97. The van der Waals surface area contributed by atoms with E-state index in [1.54, 1.807) is 11.3 Å². The summed E-state index contributed by atoms with van der Waals surface area (Å²) in [6.45, 7) is 2.15. The van der Waals surface area contributed by atoms with Crippen molar-refractivity contribution in [1.29, 1.82) is 0 Å². The van der Waals surface area contributed by atoms with Crippen LogP contribution in [0.5, 0.6) is 5.75 Å². The quantitative estimate of drug-likeness (QED) is 0.861. The summed E-state index contributed by atoms with van der Waals surface area (Å²) in [5.41, 5.74) is 0. The molecule has 2 aromatic rings. The summed E-state index contributed by atoms with van der Waals surface area (Å²) in [5, 5.41) is 6.74. The second-order valence-electron chi connectivity index (χ2n) is 4.16. The van der Waals surface area contributed by atoms with Crippen molar-refractivity contribution in [2.75, 3.05) is 13.1 Å². The zero-order valence-corrected chi connectivity index (χ0v) is 9.93. The molecule has 1 aromatic carbocycles. The molecule has 0 radical (unpaired) electrons. The van der Waals surface area contributed by atoms with Gasteiger partial charge in [0, 0.05) is 15.5 Å². The lowest BCUT2D eigenvalue weighted by molar-refractivity contribution is 0.165. The summed E-state index contributed by atoms with van der Waals surface area (Å²) >= 11 is 1.76. The topological polar surface area (TPSA) is 21.3 Å². The zero-order valence-electron chi connectivity index (χ0n) is 9.11. The average molecular weight is 233 g/mol. The summed E-state index contributed by atoms with van der Waals surface area (Å²) in [6.07, 6.45) is 2.62. The maximum absolute atomic E-state index is 6.08. The van der Waals surface area contributed by atoms with Crippen molar-refractivity contribution in [2.45, 2.75) is 18.9 Å². The van der Waals surface area contributed by atoms with Crippen LogP contribution in [0.2, 0.25) is 0 Å². The van der Waals surface area contributed by atoms with Gasteiger partial charge in [-0.25, -0.2) is 0 Å². The summed E-state index contributed by atoms with van der Waals surface area (Å²) < 4.78 is 7.39. The van der Waals surface area contributed by atoms with Crippen molar-refractivity contribution in [2.24, 2.45) is 0 Å². The van der Waals surface area contributed by atoms with Crippen LogP contribution >= 0.6 is 11.3 Å². The Morgan fingerprint density at radius 3 is 2.88 bits per heavy atom.